The first kappa shape index (κ1) is 8.85. The zero-order valence-corrected chi connectivity index (χ0v) is 9.04. The fraction of sp³-hybridized carbons (Fsp3) is 0.200. The third-order valence-electron chi connectivity index (χ3n) is 1.11. The number of rotatable bonds is 2. The summed E-state index contributed by atoms with van der Waals surface area (Å²) in [6, 6.07) is 0. The maximum Gasteiger partial charge on any atom is 0.203 e. The van der Waals surface area contributed by atoms with Gasteiger partial charge in [0.25, 0.3) is 0 Å². The molecule has 2 aromatic heterocycles. The summed E-state index contributed by atoms with van der Waals surface area (Å²) in [7, 11) is 0. The fourth-order valence-electron chi connectivity index (χ4n) is 0.656. The van der Waals surface area contributed by atoms with Gasteiger partial charge in [0.2, 0.25) is 5.13 Å². The normalized spacial score (nSPS) is 10.5. The van der Waals surface area contributed by atoms with E-state index in [2.05, 4.69) is 19.6 Å². The minimum atomic E-state index is 0.476. The van der Waals surface area contributed by atoms with Crippen molar-refractivity contribution in [2.75, 3.05) is 5.73 Å². The number of nitrogens with zero attached hydrogens (tertiary/aromatic N) is 4. The number of anilines is 1. The van der Waals surface area contributed by atoms with Crippen LogP contribution >= 0.6 is 34.6 Å². The molecule has 0 aliphatic carbocycles. The molecule has 2 heterocycles. The van der Waals surface area contributed by atoms with Gasteiger partial charge in [-0.1, -0.05) is 11.3 Å². The minimum Gasteiger partial charge on any atom is -0.374 e. The van der Waals surface area contributed by atoms with Crippen LogP contribution in [0.5, 0.6) is 0 Å². The Kier molecular flexibility index (Phi) is 2.42. The van der Waals surface area contributed by atoms with Gasteiger partial charge in [-0.25, -0.2) is 4.98 Å². The molecular weight excluding hydrogens is 226 g/mol. The lowest BCUT2D eigenvalue weighted by Gasteiger charge is -1.84. The van der Waals surface area contributed by atoms with Crippen LogP contribution in [0.15, 0.2) is 8.68 Å². The van der Waals surface area contributed by atoms with Crippen LogP contribution in [0.3, 0.4) is 0 Å². The molecule has 0 atom stereocenters. The summed E-state index contributed by atoms with van der Waals surface area (Å²) in [5, 5.41) is 8.04. The molecule has 68 valence electrons. The Morgan fingerprint density at radius 3 is 2.69 bits per heavy atom. The second-order valence-electron chi connectivity index (χ2n) is 2.12. The minimum absolute atomic E-state index is 0.476. The van der Waals surface area contributed by atoms with E-state index >= 15 is 0 Å². The molecule has 13 heavy (non-hydrogen) atoms. The fourth-order valence-corrected chi connectivity index (χ4v) is 3.15. The molecule has 0 unspecified atom stereocenters. The highest BCUT2D eigenvalue weighted by molar-refractivity contribution is 8.02. The molecule has 2 N–H and O–H groups in total. The van der Waals surface area contributed by atoms with Crippen LogP contribution in [0.25, 0.3) is 0 Å². The van der Waals surface area contributed by atoms with E-state index in [1.807, 2.05) is 6.92 Å². The molecule has 0 radical (unpaired) electrons. The highest BCUT2D eigenvalue weighted by atomic mass is 32.2. The monoisotopic (exact) mass is 231 g/mol. The average molecular weight is 231 g/mol. The van der Waals surface area contributed by atoms with Crippen molar-refractivity contribution in [2.45, 2.75) is 15.6 Å². The van der Waals surface area contributed by atoms with Gasteiger partial charge in [0.05, 0.1) is 0 Å². The Labute approximate surface area is 86.6 Å². The standard InChI is InChI=1S/C5H5N5S3/c1-2-7-4(13-10-2)12-5-9-8-3(6)11-5/h1H3,(H2,6,8). The van der Waals surface area contributed by atoms with Gasteiger partial charge in [0, 0.05) is 0 Å². The Morgan fingerprint density at radius 1 is 1.31 bits per heavy atom. The van der Waals surface area contributed by atoms with E-state index in [0.29, 0.717) is 5.13 Å². The van der Waals surface area contributed by atoms with Crippen molar-refractivity contribution in [3.05, 3.63) is 5.82 Å². The molecule has 2 rings (SSSR count). The van der Waals surface area contributed by atoms with E-state index in [-0.39, 0.29) is 0 Å². The predicted octanol–water partition coefficient (Wildman–Crippen LogP) is 1.43. The van der Waals surface area contributed by atoms with Gasteiger partial charge >= 0.3 is 0 Å². The molecule has 2 aromatic rings. The molecule has 0 saturated carbocycles. The first-order valence-electron chi connectivity index (χ1n) is 3.31. The number of hydrogen-bond donors (Lipinski definition) is 1. The van der Waals surface area contributed by atoms with Crippen LogP contribution in [0.4, 0.5) is 5.13 Å². The van der Waals surface area contributed by atoms with Crippen LogP contribution in [0, 0.1) is 6.92 Å². The zero-order valence-electron chi connectivity index (χ0n) is 6.59. The highest BCUT2D eigenvalue weighted by Crippen LogP contribution is 2.31. The third-order valence-corrected chi connectivity index (χ3v) is 3.75. The summed E-state index contributed by atoms with van der Waals surface area (Å²) in [5.41, 5.74) is 5.44. The number of aromatic nitrogens is 4. The second kappa shape index (κ2) is 3.56. The van der Waals surface area contributed by atoms with Gasteiger partial charge in [-0.05, 0) is 30.2 Å². The van der Waals surface area contributed by atoms with Crippen LogP contribution in [-0.4, -0.2) is 19.6 Å². The Morgan fingerprint density at radius 2 is 2.15 bits per heavy atom. The molecule has 8 heteroatoms. The maximum atomic E-state index is 5.44. The molecule has 0 aliphatic heterocycles. The third kappa shape index (κ3) is 2.14. The van der Waals surface area contributed by atoms with Crippen molar-refractivity contribution >= 4 is 39.8 Å². The van der Waals surface area contributed by atoms with E-state index in [1.54, 1.807) is 0 Å². The van der Waals surface area contributed by atoms with Crippen LogP contribution in [-0.2, 0) is 0 Å². The smallest absolute Gasteiger partial charge is 0.203 e. The largest absolute Gasteiger partial charge is 0.374 e. The van der Waals surface area contributed by atoms with Gasteiger partial charge < -0.3 is 5.73 Å². The van der Waals surface area contributed by atoms with Crippen LogP contribution < -0.4 is 5.73 Å². The lowest BCUT2D eigenvalue weighted by Crippen LogP contribution is -1.79. The van der Waals surface area contributed by atoms with Crippen molar-refractivity contribution in [3.8, 4) is 0 Å². The topological polar surface area (TPSA) is 77.6 Å². The molecule has 0 aromatic carbocycles. The molecule has 5 nitrogen and oxygen atoms in total. The summed E-state index contributed by atoms with van der Waals surface area (Å²) < 4.78 is 5.72. The van der Waals surface area contributed by atoms with Gasteiger partial charge in [0.15, 0.2) is 8.68 Å². The van der Waals surface area contributed by atoms with E-state index in [0.717, 1.165) is 14.5 Å². The molecule has 0 amide bonds. The molecule has 0 saturated heterocycles. The van der Waals surface area contributed by atoms with Crippen molar-refractivity contribution in [1.82, 2.24) is 19.6 Å². The lowest BCUT2D eigenvalue weighted by atomic mass is 10.8. The molecular formula is C5H5N5S3. The summed E-state index contributed by atoms with van der Waals surface area (Å²) in [5.74, 6) is 0.782. The predicted molar refractivity (Wildman–Crippen MR) is 53.1 cm³/mol. The van der Waals surface area contributed by atoms with E-state index < -0.39 is 0 Å². The zero-order chi connectivity index (χ0) is 9.26. The Bertz CT molecular complexity index is 369. The quantitative estimate of drug-likeness (QED) is 0.842. The number of hydrogen-bond acceptors (Lipinski definition) is 8. The van der Waals surface area contributed by atoms with Crippen molar-refractivity contribution in [2.24, 2.45) is 0 Å². The number of aryl methyl sites for hydroxylation is 1. The average Bonchev–Trinajstić information content (AvgIpc) is 2.62. The van der Waals surface area contributed by atoms with Gasteiger partial charge in [-0.15, -0.1) is 10.2 Å². The summed E-state index contributed by atoms with van der Waals surface area (Å²) in [6.07, 6.45) is 0. The number of nitrogens with two attached hydrogens (primary N) is 1. The molecule has 0 spiro atoms. The van der Waals surface area contributed by atoms with Crippen LogP contribution in [0.1, 0.15) is 5.82 Å². The molecule has 0 bridgehead atoms. The summed E-state index contributed by atoms with van der Waals surface area (Å²) >= 11 is 4.14. The number of nitrogen functional groups attached to an aromatic ring is 1. The Balaban J connectivity index is 2.14. The Hall–Kier alpha value is -0.730. The SMILES string of the molecule is Cc1nsc(Sc2nnc(N)s2)n1. The van der Waals surface area contributed by atoms with Crippen molar-refractivity contribution in [3.63, 3.8) is 0 Å². The first-order chi connectivity index (χ1) is 6.24. The van der Waals surface area contributed by atoms with Crippen molar-refractivity contribution < 1.29 is 0 Å². The first-order valence-corrected chi connectivity index (χ1v) is 5.72. The summed E-state index contributed by atoms with van der Waals surface area (Å²) in [4.78, 5) is 4.18. The highest BCUT2D eigenvalue weighted by Gasteiger charge is 2.07. The molecule has 0 fully saturated rings. The van der Waals surface area contributed by atoms with Gasteiger partial charge in [-0.3, -0.25) is 0 Å². The maximum absolute atomic E-state index is 5.44. The lowest BCUT2D eigenvalue weighted by molar-refractivity contribution is 1.01. The van der Waals surface area contributed by atoms with Crippen LogP contribution in [0.2, 0.25) is 0 Å². The second-order valence-corrected chi connectivity index (χ2v) is 5.37. The van der Waals surface area contributed by atoms with Crippen molar-refractivity contribution in [1.29, 1.82) is 0 Å². The molecule has 0 aliphatic rings. The van der Waals surface area contributed by atoms with Gasteiger partial charge in [0.1, 0.15) is 5.82 Å². The van der Waals surface area contributed by atoms with E-state index in [1.165, 1.54) is 34.6 Å². The summed E-state index contributed by atoms with van der Waals surface area (Å²) in [6.45, 7) is 1.86. The van der Waals surface area contributed by atoms with Gasteiger partial charge in [-0.2, -0.15) is 4.37 Å². The van der Waals surface area contributed by atoms with E-state index in [9.17, 15) is 0 Å². The van der Waals surface area contributed by atoms with E-state index in [4.69, 9.17) is 5.73 Å².